The predicted molar refractivity (Wildman–Crippen MR) is 92.8 cm³/mol. The molecule has 1 aromatic carbocycles. The number of rotatable bonds is 6. The molecule has 130 valence electrons. The number of hydrogen-bond acceptors (Lipinski definition) is 4. The molecule has 0 aliphatic heterocycles. The first-order valence-electron chi connectivity index (χ1n) is 8.05. The van der Waals surface area contributed by atoms with E-state index in [0.717, 1.165) is 5.56 Å². The van der Waals surface area contributed by atoms with E-state index >= 15 is 0 Å². The first-order chi connectivity index (χ1) is 12.1. The second-order valence-electron chi connectivity index (χ2n) is 5.63. The topological polar surface area (TPSA) is 76.6 Å². The average Bonchev–Trinajstić information content (AvgIpc) is 3.21. The minimum absolute atomic E-state index is 0.0352. The van der Waals surface area contributed by atoms with Gasteiger partial charge in [-0.15, -0.1) is 0 Å². The summed E-state index contributed by atoms with van der Waals surface area (Å²) in [6.45, 7) is 2.29. The quantitative estimate of drug-likeness (QED) is 0.677. The molecule has 0 aliphatic carbocycles. The average molecular weight is 340 g/mol. The molecule has 3 rings (SSSR count). The number of aliphatic hydroxyl groups is 1. The molecular formula is C19H20N2O4. The van der Waals surface area contributed by atoms with Crippen LogP contribution in [0.4, 0.5) is 0 Å². The summed E-state index contributed by atoms with van der Waals surface area (Å²) in [6, 6.07) is 11.4. The van der Waals surface area contributed by atoms with Crippen molar-refractivity contribution in [3.8, 4) is 11.6 Å². The molecule has 3 aromatic rings. The van der Waals surface area contributed by atoms with Crippen molar-refractivity contribution in [1.82, 2.24) is 9.13 Å². The lowest BCUT2D eigenvalue weighted by atomic mass is 10.2. The van der Waals surface area contributed by atoms with Crippen LogP contribution in [0.2, 0.25) is 0 Å². The molecule has 0 fully saturated rings. The number of carbonyl (C=O) groups is 1. The predicted octanol–water partition coefficient (Wildman–Crippen LogP) is 2.70. The van der Waals surface area contributed by atoms with Crippen molar-refractivity contribution in [3.05, 3.63) is 71.7 Å². The lowest BCUT2D eigenvalue weighted by molar-refractivity contribution is 0.0526. The van der Waals surface area contributed by atoms with Gasteiger partial charge >= 0.3 is 5.97 Å². The maximum absolute atomic E-state index is 12.3. The van der Waals surface area contributed by atoms with E-state index in [1.54, 1.807) is 40.7 Å². The molecule has 0 saturated heterocycles. The standard InChI is InChI=1S/C19H20N2O4/c1-2-25-19(24)16-12-21(10-14-6-4-3-5-7-14)18(23)17(16)20-9-8-15(11-20)13-22/h3-9,11-12,22-23H,2,10,13H2,1H3. The zero-order valence-electron chi connectivity index (χ0n) is 13.9. The molecule has 0 amide bonds. The molecule has 0 aliphatic rings. The van der Waals surface area contributed by atoms with Crippen LogP contribution < -0.4 is 0 Å². The third kappa shape index (κ3) is 3.44. The number of ether oxygens (including phenoxy) is 1. The fraction of sp³-hybridized carbons (Fsp3) is 0.211. The Labute approximate surface area is 145 Å². The van der Waals surface area contributed by atoms with Gasteiger partial charge in [0.2, 0.25) is 5.88 Å². The van der Waals surface area contributed by atoms with E-state index in [9.17, 15) is 15.0 Å². The van der Waals surface area contributed by atoms with E-state index in [0.29, 0.717) is 17.8 Å². The van der Waals surface area contributed by atoms with E-state index < -0.39 is 5.97 Å². The number of esters is 1. The van der Waals surface area contributed by atoms with Gasteiger partial charge in [0.25, 0.3) is 0 Å². The van der Waals surface area contributed by atoms with Crippen LogP contribution in [0, 0.1) is 0 Å². The van der Waals surface area contributed by atoms with Gasteiger partial charge in [-0.05, 0) is 24.1 Å². The summed E-state index contributed by atoms with van der Waals surface area (Å²) in [4.78, 5) is 12.3. The van der Waals surface area contributed by atoms with Gasteiger partial charge in [0.05, 0.1) is 19.8 Å². The lowest BCUT2D eigenvalue weighted by Crippen LogP contribution is -2.07. The van der Waals surface area contributed by atoms with E-state index in [2.05, 4.69) is 0 Å². The van der Waals surface area contributed by atoms with Gasteiger partial charge in [-0.25, -0.2) is 4.79 Å². The molecule has 2 heterocycles. The van der Waals surface area contributed by atoms with Gasteiger partial charge in [-0.2, -0.15) is 0 Å². The molecule has 6 heteroatoms. The van der Waals surface area contributed by atoms with Crippen molar-refractivity contribution in [3.63, 3.8) is 0 Å². The molecule has 0 saturated carbocycles. The highest BCUT2D eigenvalue weighted by molar-refractivity contribution is 5.94. The minimum atomic E-state index is -0.501. The van der Waals surface area contributed by atoms with Crippen molar-refractivity contribution >= 4 is 5.97 Å². The number of benzene rings is 1. The Bertz CT molecular complexity index is 865. The Hall–Kier alpha value is -2.99. The Morgan fingerprint density at radius 1 is 1.12 bits per heavy atom. The molecule has 2 aromatic heterocycles. The summed E-state index contributed by atoms with van der Waals surface area (Å²) < 4.78 is 8.34. The summed E-state index contributed by atoms with van der Waals surface area (Å²) in [6.07, 6.45) is 4.95. The van der Waals surface area contributed by atoms with Crippen molar-refractivity contribution in [2.24, 2.45) is 0 Å². The second kappa shape index (κ2) is 7.27. The van der Waals surface area contributed by atoms with Crippen LogP contribution in [0.15, 0.2) is 55.0 Å². The van der Waals surface area contributed by atoms with Crippen LogP contribution >= 0.6 is 0 Å². The highest BCUT2D eigenvalue weighted by Crippen LogP contribution is 2.30. The first-order valence-corrected chi connectivity index (χ1v) is 8.05. The fourth-order valence-electron chi connectivity index (χ4n) is 2.72. The number of aromatic nitrogens is 2. The Morgan fingerprint density at radius 2 is 1.88 bits per heavy atom. The van der Waals surface area contributed by atoms with E-state index in [-0.39, 0.29) is 24.7 Å². The van der Waals surface area contributed by atoms with E-state index in [1.807, 2.05) is 30.3 Å². The number of nitrogens with zero attached hydrogens (tertiary/aromatic N) is 2. The highest BCUT2D eigenvalue weighted by Gasteiger charge is 2.23. The summed E-state index contributed by atoms with van der Waals surface area (Å²) >= 11 is 0. The number of aliphatic hydroxyl groups excluding tert-OH is 1. The van der Waals surface area contributed by atoms with Crippen LogP contribution in [0.3, 0.4) is 0 Å². The molecule has 0 spiro atoms. The zero-order valence-corrected chi connectivity index (χ0v) is 13.9. The summed E-state index contributed by atoms with van der Waals surface area (Å²) in [7, 11) is 0. The molecule has 25 heavy (non-hydrogen) atoms. The Kier molecular flexibility index (Phi) is 4.90. The minimum Gasteiger partial charge on any atom is -0.493 e. The van der Waals surface area contributed by atoms with Gasteiger partial charge in [0.1, 0.15) is 11.3 Å². The monoisotopic (exact) mass is 340 g/mol. The molecular weight excluding hydrogens is 320 g/mol. The number of aromatic hydroxyl groups is 1. The normalized spacial score (nSPS) is 10.8. The fourth-order valence-corrected chi connectivity index (χ4v) is 2.72. The van der Waals surface area contributed by atoms with Crippen LogP contribution in [-0.2, 0) is 17.9 Å². The number of carbonyl (C=O) groups excluding carboxylic acids is 1. The van der Waals surface area contributed by atoms with Gasteiger partial charge in [-0.3, -0.25) is 0 Å². The van der Waals surface area contributed by atoms with Gasteiger partial charge in [-0.1, -0.05) is 30.3 Å². The molecule has 0 unspecified atom stereocenters. The van der Waals surface area contributed by atoms with Gasteiger partial charge in [0, 0.05) is 18.6 Å². The smallest absolute Gasteiger partial charge is 0.341 e. The molecule has 0 atom stereocenters. The molecule has 6 nitrogen and oxygen atoms in total. The molecule has 2 N–H and O–H groups in total. The maximum Gasteiger partial charge on any atom is 0.341 e. The Morgan fingerprint density at radius 3 is 2.52 bits per heavy atom. The number of hydrogen-bond donors (Lipinski definition) is 2. The molecule has 0 bridgehead atoms. The summed E-state index contributed by atoms with van der Waals surface area (Å²) in [5.41, 5.74) is 2.30. The van der Waals surface area contributed by atoms with Crippen molar-refractivity contribution < 1.29 is 19.7 Å². The van der Waals surface area contributed by atoms with Gasteiger partial charge in [0.15, 0.2) is 0 Å². The van der Waals surface area contributed by atoms with E-state index in [1.165, 1.54) is 0 Å². The van der Waals surface area contributed by atoms with Gasteiger partial charge < -0.3 is 24.1 Å². The van der Waals surface area contributed by atoms with Crippen molar-refractivity contribution in [2.45, 2.75) is 20.1 Å². The van der Waals surface area contributed by atoms with Crippen LogP contribution in [-0.4, -0.2) is 31.9 Å². The zero-order chi connectivity index (χ0) is 17.8. The second-order valence-corrected chi connectivity index (χ2v) is 5.63. The molecule has 0 radical (unpaired) electrons. The highest BCUT2D eigenvalue weighted by atomic mass is 16.5. The SMILES string of the molecule is CCOC(=O)c1cn(Cc2ccccc2)c(O)c1-n1ccc(CO)c1. The van der Waals surface area contributed by atoms with Crippen LogP contribution in [0.25, 0.3) is 5.69 Å². The van der Waals surface area contributed by atoms with Crippen LogP contribution in [0.1, 0.15) is 28.4 Å². The maximum atomic E-state index is 12.3. The van der Waals surface area contributed by atoms with E-state index in [4.69, 9.17) is 4.74 Å². The summed E-state index contributed by atoms with van der Waals surface area (Å²) in [5.74, 6) is -0.536. The third-order valence-electron chi connectivity index (χ3n) is 3.91. The largest absolute Gasteiger partial charge is 0.493 e. The summed E-state index contributed by atoms with van der Waals surface area (Å²) in [5, 5.41) is 20.0. The first kappa shape index (κ1) is 16.9. The van der Waals surface area contributed by atoms with Crippen molar-refractivity contribution in [2.75, 3.05) is 6.61 Å². The van der Waals surface area contributed by atoms with Crippen molar-refractivity contribution in [1.29, 1.82) is 0 Å². The lowest BCUT2D eigenvalue weighted by Gasteiger charge is -2.07. The van der Waals surface area contributed by atoms with Crippen LogP contribution in [0.5, 0.6) is 5.88 Å². The third-order valence-corrected chi connectivity index (χ3v) is 3.91. The Balaban J connectivity index is 2.06.